The zero-order valence-electron chi connectivity index (χ0n) is 11.0. The molecular weight excluding hydrogens is 339 g/mol. The fourth-order valence-corrected chi connectivity index (χ4v) is 2.92. The summed E-state index contributed by atoms with van der Waals surface area (Å²) in [6.45, 7) is 11.1. The molecule has 0 unspecified atom stereocenters. The molecule has 0 atom stereocenters. The number of carbonyl (C=O) groups excluding carboxylic acids is 1. The van der Waals surface area contributed by atoms with E-state index in [9.17, 15) is 4.79 Å². The fraction of sp³-hybridized carbons (Fsp3) is 0.455. The first-order valence-corrected chi connectivity index (χ1v) is 10.1. The quantitative estimate of drug-likeness (QED) is 0.376. The van der Waals surface area contributed by atoms with Crippen molar-refractivity contribution >= 4 is 23.6 Å². The minimum atomic E-state index is -1.22. The number of hydrogen-bond acceptors (Lipinski definition) is 2. The Morgan fingerprint density at radius 1 is 1.39 bits per heavy atom. The van der Waals surface area contributed by atoms with Gasteiger partial charge in [0, 0.05) is 6.61 Å². The number of fused-ring (bicyclic) bond motifs is 1. The number of carbonyl (C=O) groups is 1. The molecule has 0 aromatic heterocycles. The summed E-state index contributed by atoms with van der Waals surface area (Å²) in [4.78, 5) is 10.3. The van der Waals surface area contributed by atoms with E-state index in [2.05, 4.69) is 32.6 Å². The van der Waals surface area contributed by atoms with Crippen molar-refractivity contribution < 1.29 is 55.8 Å². The second kappa shape index (κ2) is 10.6. The van der Waals surface area contributed by atoms with Gasteiger partial charge in [0.25, 0.3) is 0 Å². The second-order valence-electron chi connectivity index (χ2n) is 4.63. The average Bonchev–Trinajstić information content (AvgIpc) is 2.71. The Labute approximate surface area is 141 Å². The van der Waals surface area contributed by atoms with Crippen LogP contribution >= 0.6 is 0 Å². The van der Waals surface area contributed by atoms with Crippen molar-refractivity contribution in [3.63, 3.8) is 0 Å². The van der Waals surface area contributed by atoms with Crippen molar-refractivity contribution in [2.75, 3.05) is 6.61 Å². The molecule has 2 nitrogen and oxygen atoms in total. The summed E-state index contributed by atoms with van der Waals surface area (Å²) in [7, 11) is -1.21. The van der Waals surface area contributed by atoms with E-state index in [4.69, 9.17) is 4.43 Å². The van der Waals surface area contributed by atoms with E-state index in [1.54, 1.807) is 6.08 Å². The molecule has 0 spiro atoms. The number of hydrogen-bond donors (Lipinski definition) is 0. The Hall–Kier alpha value is 0.838. The minimum Gasteiger partial charge on any atom is -1.00 e. The van der Waals surface area contributed by atoms with E-state index >= 15 is 0 Å². The molecule has 1 aliphatic heterocycles. The maximum atomic E-state index is 10.3. The van der Waals surface area contributed by atoms with Crippen LogP contribution in [0.4, 0.5) is 0 Å². The number of allylic oxidation sites excluding steroid dienone is 4. The van der Waals surface area contributed by atoms with Gasteiger partial charge in [0.2, 0.25) is 0 Å². The summed E-state index contributed by atoms with van der Waals surface area (Å²) >= 11 is 0. The fourth-order valence-electron chi connectivity index (χ4n) is 1.13. The SMILES string of the molecule is O=C1[C-]=C2[SiH2]C2=C1.[CH2-]CCO[Si](C)(C)C.[Cl-].[Cl-].[Ti+4]. The second-order valence-corrected chi connectivity index (χ2v) is 11.0. The molecule has 0 saturated carbocycles. The number of ketones is 1. The molecule has 0 N–H and O–H groups in total. The van der Waals surface area contributed by atoms with Crippen molar-refractivity contribution in [3.05, 3.63) is 29.5 Å². The van der Waals surface area contributed by atoms with E-state index in [1.165, 1.54) is 10.4 Å². The molecule has 1 aliphatic carbocycles. The number of halogens is 2. The predicted molar refractivity (Wildman–Crippen MR) is 67.7 cm³/mol. The third kappa shape index (κ3) is 10.7. The van der Waals surface area contributed by atoms with Gasteiger partial charge < -0.3 is 41.0 Å². The Morgan fingerprint density at radius 3 is 2.11 bits per heavy atom. The van der Waals surface area contributed by atoms with Crippen LogP contribution in [0.15, 0.2) is 16.5 Å². The molecule has 0 amide bonds. The van der Waals surface area contributed by atoms with Crippen LogP contribution in [0.2, 0.25) is 19.6 Å². The molecule has 1 saturated heterocycles. The van der Waals surface area contributed by atoms with Gasteiger partial charge in [-0.1, -0.05) is 0 Å². The van der Waals surface area contributed by atoms with Crippen LogP contribution in [0, 0.1) is 13.0 Å². The van der Waals surface area contributed by atoms with Crippen LogP contribution in [0.5, 0.6) is 0 Å². The summed E-state index contributed by atoms with van der Waals surface area (Å²) in [5.41, 5.74) is 0. The van der Waals surface area contributed by atoms with Crippen LogP contribution in [0.3, 0.4) is 0 Å². The molecule has 18 heavy (non-hydrogen) atoms. The summed E-state index contributed by atoms with van der Waals surface area (Å²) in [5.74, 6) is 0.0868. The van der Waals surface area contributed by atoms with Crippen molar-refractivity contribution in [1.29, 1.82) is 0 Å². The zero-order chi connectivity index (χ0) is 11.5. The first kappa shape index (κ1) is 23.9. The van der Waals surface area contributed by atoms with Gasteiger partial charge in [-0.05, 0) is 29.2 Å². The van der Waals surface area contributed by atoms with Crippen molar-refractivity contribution in [2.45, 2.75) is 26.1 Å². The number of rotatable bonds is 3. The molecule has 100 valence electrons. The van der Waals surface area contributed by atoms with Crippen LogP contribution in [0.1, 0.15) is 6.42 Å². The molecule has 0 bridgehead atoms. The largest absolute Gasteiger partial charge is 4.00 e. The predicted octanol–water partition coefficient (Wildman–Crippen LogP) is -4.61. The van der Waals surface area contributed by atoms with Crippen molar-refractivity contribution in [2.24, 2.45) is 0 Å². The Morgan fingerprint density at radius 2 is 1.94 bits per heavy atom. The van der Waals surface area contributed by atoms with Gasteiger partial charge in [0.1, 0.15) is 0 Å². The van der Waals surface area contributed by atoms with Crippen molar-refractivity contribution in [3.8, 4) is 0 Å². The molecule has 1 heterocycles. The third-order valence-corrected chi connectivity index (χ3v) is 4.46. The van der Waals surface area contributed by atoms with Gasteiger partial charge in [0.15, 0.2) is 8.32 Å². The minimum absolute atomic E-state index is 0. The summed E-state index contributed by atoms with van der Waals surface area (Å²) in [5, 5.41) is 2.61. The van der Waals surface area contributed by atoms with E-state index in [0.717, 1.165) is 13.0 Å². The maximum absolute atomic E-state index is 10.3. The van der Waals surface area contributed by atoms with Crippen molar-refractivity contribution in [1.82, 2.24) is 0 Å². The average molecular weight is 357 g/mol. The Bertz CT molecular complexity index is 305. The molecule has 2 rings (SSSR count). The summed E-state index contributed by atoms with van der Waals surface area (Å²) in [6.07, 6.45) is 5.34. The molecule has 0 aromatic rings. The standard InChI is InChI=1S/C6H15OSi.C5H3OSi.2ClH.Ti/c1-5-6-7-8(2,3)4;6-3-1-4-5(2-3)7-4;;;/h1,5-6H2,2-4H3;1H,7H2;2*1H;/q2*-1;;;+4/p-2. The third-order valence-electron chi connectivity index (χ3n) is 1.89. The zero-order valence-corrected chi connectivity index (χ0v) is 16.5. The maximum Gasteiger partial charge on any atom is 4.00 e. The first-order chi connectivity index (χ1) is 6.92. The molecule has 0 radical (unpaired) electrons. The molecule has 0 aromatic carbocycles. The van der Waals surface area contributed by atoms with E-state index in [0.29, 0.717) is 0 Å². The summed E-state index contributed by atoms with van der Waals surface area (Å²) in [6, 6.07) is 0. The Balaban J connectivity index is -0.000000214. The van der Waals surface area contributed by atoms with Gasteiger partial charge in [0.05, 0.1) is 5.78 Å². The van der Waals surface area contributed by atoms with Crippen LogP contribution in [-0.4, -0.2) is 30.2 Å². The van der Waals surface area contributed by atoms with Gasteiger partial charge >= 0.3 is 21.7 Å². The summed E-state index contributed by atoms with van der Waals surface area (Å²) < 4.78 is 5.45. The van der Waals surface area contributed by atoms with E-state index in [-0.39, 0.29) is 61.8 Å². The van der Waals surface area contributed by atoms with E-state index < -0.39 is 8.32 Å². The first-order valence-electron chi connectivity index (χ1n) is 5.23. The molecule has 1 fully saturated rings. The normalized spacial score (nSPS) is 15.9. The van der Waals surface area contributed by atoms with Gasteiger partial charge in [-0.25, -0.2) is 5.20 Å². The Kier molecular flexibility index (Phi) is 14.1. The smallest absolute Gasteiger partial charge is 1.00 e. The van der Waals surface area contributed by atoms with Crippen LogP contribution in [-0.2, 0) is 30.9 Å². The van der Waals surface area contributed by atoms with Crippen LogP contribution < -0.4 is 24.8 Å². The van der Waals surface area contributed by atoms with Gasteiger partial charge in [-0.2, -0.15) is 17.7 Å². The van der Waals surface area contributed by atoms with Gasteiger partial charge in [-0.15, -0.1) is 6.08 Å². The molecule has 7 heteroatoms. The van der Waals surface area contributed by atoms with E-state index in [1.807, 2.05) is 0 Å². The topological polar surface area (TPSA) is 26.3 Å². The monoisotopic (exact) mass is 356 g/mol. The molecular formula is C11H18Cl2O2Si2Ti. The van der Waals surface area contributed by atoms with Crippen LogP contribution in [0.25, 0.3) is 0 Å². The van der Waals surface area contributed by atoms with Gasteiger partial charge in [-0.3, -0.25) is 0 Å². The molecule has 2 aliphatic rings.